The van der Waals surface area contributed by atoms with Gasteiger partial charge in [-0.3, -0.25) is 4.79 Å². The number of ether oxygens (including phenoxy) is 1. The molecule has 1 unspecified atom stereocenters. The van der Waals surface area contributed by atoms with Gasteiger partial charge in [0.2, 0.25) is 0 Å². The van der Waals surface area contributed by atoms with Crippen LogP contribution >= 0.6 is 0 Å². The van der Waals surface area contributed by atoms with Crippen molar-refractivity contribution in [3.63, 3.8) is 0 Å². The molecule has 2 aliphatic rings. The Morgan fingerprint density at radius 1 is 1.39 bits per heavy atom. The Hall–Kier alpha value is -1.60. The van der Waals surface area contributed by atoms with Gasteiger partial charge in [-0.15, -0.1) is 0 Å². The second kappa shape index (κ2) is 5.83. The maximum Gasteiger partial charge on any atom is 0.132 e. The number of ketones is 1. The lowest BCUT2D eigenvalue weighted by atomic mass is 9.75. The van der Waals surface area contributed by atoms with Gasteiger partial charge >= 0.3 is 0 Å². The van der Waals surface area contributed by atoms with Crippen molar-refractivity contribution in [3.05, 3.63) is 29.6 Å². The zero-order valence-corrected chi connectivity index (χ0v) is 10.6. The number of carbonyl (C=O) groups excluding carboxylic acids is 2. The maximum atomic E-state index is 11.2. The molecule has 0 spiro atoms. The predicted octanol–water partition coefficient (Wildman–Crippen LogP) is 2.61. The highest BCUT2D eigenvalue weighted by molar-refractivity contribution is 5.79. The summed E-state index contributed by atoms with van der Waals surface area (Å²) in [5, 5.41) is 0. The summed E-state index contributed by atoms with van der Waals surface area (Å²) in [6.07, 6.45) is 8.74. The van der Waals surface area contributed by atoms with Gasteiger partial charge in [-0.05, 0) is 37.8 Å². The SMILES string of the molecule is CCOC1=CC(=C=O)C(C2CCC(=O)CC2)C=C1. The molecule has 0 radical (unpaired) electrons. The van der Waals surface area contributed by atoms with E-state index in [9.17, 15) is 9.59 Å². The fourth-order valence-corrected chi connectivity index (χ4v) is 2.69. The van der Waals surface area contributed by atoms with E-state index in [0.717, 1.165) is 18.6 Å². The molecule has 2 aliphatic carbocycles. The minimum absolute atomic E-state index is 0.0970. The zero-order chi connectivity index (χ0) is 13.0. The molecule has 3 heteroatoms. The third-order valence-corrected chi connectivity index (χ3v) is 3.65. The summed E-state index contributed by atoms with van der Waals surface area (Å²) < 4.78 is 5.39. The van der Waals surface area contributed by atoms with Gasteiger partial charge in [0, 0.05) is 24.3 Å². The Morgan fingerprint density at radius 2 is 2.11 bits per heavy atom. The Kier molecular flexibility index (Phi) is 4.16. The molecular formula is C15H18O3. The summed E-state index contributed by atoms with van der Waals surface area (Å²) in [6, 6.07) is 0. The number of hydrogen-bond acceptors (Lipinski definition) is 3. The second-order valence-electron chi connectivity index (χ2n) is 4.80. The van der Waals surface area contributed by atoms with Crippen molar-refractivity contribution in [2.45, 2.75) is 32.6 Å². The standard InChI is InChI=1S/C15H18O3/c1-2-18-14-7-8-15(12(9-14)10-16)11-3-5-13(17)6-4-11/h7-9,11,15H,2-6H2,1H3. The summed E-state index contributed by atoms with van der Waals surface area (Å²) in [4.78, 5) is 22.3. The highest BCUT2D eigenvalue weighted by atomic mass is 16.5. The molecule has 96 valence electrons. The quantitative estimate of drug-likeness (QED) is 0.719. The first-order valence-electron chi connectivity index (χ1n) is 6.54. The van der Waals surface area contributed by atoms with Crippen molar-refractivity contribution in [2.24, 2.45) is 11.8 Å². The molecule has 2 rings (SSSR count). The van der Waals surface area contributed by atoms with Crippen LogP contribution in [-0.2, 0) is 14.3 Å². The van der Waals surface area contributed by atoms with Gasteiger partial charge in [0.25, 0.3) is 0 Å². The van der Waals surface area contributed by atoms with Gasteiger partial charge in [0.05, 0.1) is 6.61 Å². The average molecular weight is 246 g/mol. The highest BCUT2D eigenvalue weighted by Gasteiger charge is 2.29. The normalized spacial score (nSPS) is 24.7. The third-order valence-electron chi connectivity index (χ3n) is 3.65. The van der Waals surface area contributed by atoms with Gasteiger partial charge in [-0.25, -0.2) is 4.79 Å². The third kappa shape index (κ3) is 2.80. The van der Waals surface area contributed by atoms with Crippen molar-refractivity contribution in [2.75, 3.05) is 6.61 Å². The molecule has 0 saturated heterocycles. The molecule has 0 amide bonds. The van der Waals surface area contributed by atoms with Crippen molar-refractivity contribution in [3.8, 4) is 0 Å². The fraction of sp³-hybridized carbons (Fsp3) is 0.533. The first-order chi connectivity index (χ1) is 8.74. The lowest BCUT2D eigenvalue weighted by Gasteiger charge is -2.29. The van der Waals surface area contributed by atoms with E-state index in [2.05, 4.69) is 0 Å². The van der Waals surface area contributed by atoms with E-state index in [1.165, 1.54) is 0 Å². The maximum absolute atomic E-state index is 11.2. The summed E-state index contributed by atoms with van der Waals surface area (Å²) in [6.45, 7) is 2.50. The van der Waals surface area contributed by atoms with Crippen molar-refractivity contribution >= 4 is 11.7 Å². The van der Waals surface area contributed by atoms with E-state index >= 15 is 0 Å². The van der Waals surface area contributed by atoms with Gasteiger partial charge in [0.15, 0.2) is 0 Å². The molecule has 0 aromatic carbocycles. The van der Waals surface area contributed by atoms with Crippen LogP contribution in [0, 0.1) is 11.8 Å². The molecule has 0 heterocycles. The molecule has 0 aromatic rings. The molecule has 18 heavy (non-hydrogen) atoms. The molecule has 0 N–H and O–H groups in total. The van der Waals surface area contributed by atoms with E-state index in [1.807, 2.05) is 25.0 Å². The van der Waals surface area contributed by atoms with Crippen molar-refractivity contribution in [1.82, 2.24) is 0 Å². The van der Waals surface area contributed by atoms with Crippen molar-refractivity contribution in [1.29, 1.82) is 0 Å². The Balaban J connectivity index is 2.09. The van der Waals surface area contributed by atoms with Crippen molar-refractivity contribution < 1.29 is 14.3 Å². The highest BCUT2D eigenvalue weighted by Crippen LogP contribution is 2.35. The number of allylic oxidation sites excluding steroid dienone is 4. The summed E-state index contributed by atoms with van der Waals surface area (Å²) in [5.41, 5.74) is 0.653. The first-order valence-corrected chi connectivity index (χ1v) is 6.54. The average Bonchev–Trinajstić information content (AvgIpc) is 2.40. The number of Topliss-reactive ketones (excluding diaryl/α,β-unsaturated/α-hetero) is 1. The first kappa shape index (κ1) is 12.8. The van der Waals surface area contributed by atoms with E-state index in [4.69, 9.17) is 4.74 Å². The van der Waals surface area contributed by atoms with E-state index in [-0.39, 0.29) is 5.92 Å². The lowest BCUT2D eigenvalue weighted by Crippen LogP contribution is -2.23. The van der Waals surface area contributed by atoms with Crippen LogP contribution < -0.4 is 0 Å². The monoisotopic (exact) mass is 246 g/mol. The Morgan fingerprint density at radius 3 is 2.72 bits per heavy atom. The number of hydrogen-bond donors (Lipinski definition) is 0. The van der Waals surface area contributed by atoms with E-state index < -0.39 is 0 Å². The minimum atomic E-state index is 0.0970. The molecule has 3 nitrogen and oxygen atoms in total. The molecule has 0 aromatic heterocycles. The zero-order valence-electron chi connectivity index (χ0n) is 10.6. The van der Waals surface area contributed by atoms with Gasteiger partial charge < -0.3 is 4.74 Å². The smallest absolute Gasteiger partial charge is 0.132 e. The van der Waals surface area contributed by atoms with E-state index in [0.29, 0.717) is 36.7 Å². The summed E-state index contributed by atoms with van der Waals surface area (Å²) in [5.74, 6) is 3.57. The molecule has 1 saturated carbocycles. The molecule has 0 bridgehead atoms. The number of carbonyl (C=O) groups is 1. The topological polar surface area (TPSA) is 43.4 Å². The van der Waals surface area contributed by atoms with Gasteiger partial charge in [-0.1, -0.05) is 6.08 Å². The predicted molar refractivity (Wildman–Crippen MR) is 68.5 cm³/mol. The Bertz CT molecular complexity index is 429. The number of rotatable bonds is 3. The second-order valence-corrected chi connectivity index (χ2v) is 4.80. The van der Waals surface area contributed by atoms with Crippen LogP contribution in [0.25, 0.3) is 0 Å². The molecule has 0 aliphatic heterocycles. The van der Waals surface area contributed by atoms with Crippen LogP contribution in [0.15, 0.2) is 29.6 Å². The van der Waals surface area contributed by atoms with Gasteiger partial charge in [-0.2, -0.15) is 0 Å². The molecular weight excluding hydrogens is 228 g/mol. The van der Waals surface area contributed by atoms with E-state index in [1.54, 1.807) is 6.08 Å². The summed E-state index contributed by atoms with van der Waals surface area (Å²) >= 11 is 0. The largest absolute Gasteiger partial charge is 0.494 e. The van der Waals surface area contributed by atoms with Crippen LogP contribution in [0.5, 0.6) is 0 Å². The summed E-state index contributed by atoms with van der Waals surface area (Å²) in [7, 11) is 0. The minimum Gasteiger partial charge on any atom is -0.494 e. The molecule has 1 fully saturated rings. The van der Waals surface area contributed by atoms with Crippen LogP contribution in [0.1, 0.15) is 32.6 Å². The fourth-order valence-electron chi connectivity index (χ4n) is 2.69. The molecule has 1 atom stereocenters. The van der Waals surface area contributed by atoms with Gasteiger partial charge in [0.1, 0.15) is 17.5 Å². The lowest BCUT2D eigenvalue weighted by molar-refractivity contribution is -0.121. The van der Waals surface area contributed by atoms with Crippen LogP contribution in [-0.4, -0.2) is 18.3 Å². The van der Waals surface area contributed by atoms with Crippen LogP contribution in [0.4, 0.5) is 0 Å². The Labute approximate surface area is 107 Å². The van der Waals surface area contributed by atoms with Crippen LogP contribution in [0.3, 0.4) is 0 Å². The van der Waals surface area contributed by atoms with Crippen LogP contribution in [0.2, 0.25) is 0 Å².